The number of amides is 1. The maximum absolute atomic E-state index is 12.4. The third-order valence-corrected chi connectivity index (χ3v) is 3.90. The molecule has 0 saturated carbocycles. The van der Waals surface area contributed by atoms with Crippen LogP contribution in [0.15, 0.2) is 30.3 Å². The van der Waals surface area contributed by atoms with Crippen molar-refractivity contribution in [3.05, 3.63) is 35.9 Å². The number of carbonyl (C=O) groups is 1. The Balaban J connectivity index is 2.12. The molecule has 1 heterocycles. The van der Waals surface area contributed by atoms with Crippen LogP contribution in [0.2, 0.25) is 0 Å². The topological polar surface area (TPSA) is 52.2 Å². The Labute approximate surface area is 121 Å². The molecule has 1 aromatic carbocycles. The molecule has 0 bridgehead atoms. The molecule has 2 rings (SSSR count). The van der Waals surface area contributed by atoms with Gasteiger partial charge in [-0.25, -0.2) is 4.59 Å². The normalized spacial score (nSPS) is 19.9. The van der Waals surface area contributed by atoms with Crippen LogP contribution in [0.1, 0.15) is 43.0 Å². The predicted molar refractivity (Wildman–Crippen MR) is 76.7 cm³/mol. The molecule has 1 saturated heterocycles. The van der Waals surface area contributed by atoms with Gasteiger partial charge in [-0.05, 0) is 37.8 Å². The molecular weight excluding hydrogens is 252 g/mol. The highest BCUT2D eigenvalue weighted by Gasteiger charge is 2.31. The maximum Gasteiger partial charge on any atom is 0.295 e. The summed E-state index contributed by atoms with van der Waals surface area (Å²) in [6, 6.07) is 9.23. The van der Waals surface area contributed by atoms with Crippen molar-refractivity contribution in [3.63, 3.8) is 0 Å². The van der Waals surface area contributed by atoms with Crippen molar-refractivity contribution in [3.8, 4) is 0 Å². The lowest BCUT2D eigenvalue weighted by Crippen LogP contribution is -2.64. The van der Waals surface area contributed by atoms with Gasteiger partial charge >= 0.3 is 0 Å². The average molecular weight is 276 g/mol. The fourth-order valence-electron chi connectivity index (χ4n) is 3.00. The summed E-state index contributed by atoms with van der Waals surface area (Å²) in [5, 5.41) is 11.7. The van der Waals surface area contributed by atoms with Gasteiger partial charge in [0, 0.05) is 5.56 Å². The van der Waals surface area contributed by atoms with Crippen molar-refractivity contribution in [2.24, 2.45) is 0 Å². The number of rotatable bonds is 4. The first kappa shape index (κ1) is 15.0. The molecule has 1 fully saturated rings. The predicted octanol–water partition coefficient (Wildman–Crippen LogP) is 1.47. The van der Waals surface area contributed by atoms with Gasteiger partial charge < -0.3 is 5.11 Å². The Kier molecular flexibility index (Phi) is 5.15. The zero-order valence-electron chi connectivity index (χ0n) is 12.2. The van der Waals surface area contributed by atoms with Crippen molar-refractivity contribution in [1.29, 1.82) is 0 Å². The monoisotopic (exact) mass is 276 g/mol. The highest BCUT2D eigenvalue weighted by molar-refractivity contribution is 5.93. The second kappa shape index (κ2) is 6.86. The second-order valence-electron chi connectivity index (χ2n) is 5.81. The van der Waals surface area contributed by atoms with Crippen LogP contribution in [-0.4, -0.2) is 36.2 Å². The fraction of sp³-hybridized carbons (Fsp3) is 0.562. The van der Waals surface area contributed by atoms with Crippen LogP contribution < -0.4 is 10.5 Å². The number of likely N-dealkylation sites (tertiary alicyclic amines) is 1. The number of quaternary nitrogens is 1. The van der Waals surface area contributed by atoms with E-state index in [1.54, 1.807) is 6.92 Å². The van der Waals surface area contributed by atoms with Gasteiger partial charge in [0.05, 0.1) is 6.54 Å². The van der Waals surface area contributed by atoms with Crippen LogP contribution in [0.25, 0.3) is 0 Å². The minimum atomic E-state index is -0.663. The molecular formula is C16H24N2O2. The first-order valence-electron chi connectivity index (χ1n) is 7.51. The van der Waals surface area contributed by atoms with E-state index in [1.807, 2.05) is 30.3 Å². The molecule has 0 radical (unpaired) electrons. The Bertz CT molecular complexity index is 423. The standard InChI is InChI=1S/C16H24N2O2/c1-14(19)13-18(11-7-2-3-8-12-18)17-16(20)15-9-5-4-6-10-15/h4-6,9-10,14H,2-3,7-8,11-13H2,1H3,(H,17,20). The first-order valence-corrected chi connectivity index (χ1v) is 7.51. The zero-order chi connectivity index (χ0) is 14.4. The summed E-state index contributed by atoms with van der Waals surface area (Å²) in [6.07, 6.45) is 3.86. The number of hydrogen-bond acceptors (Lipinski definition) is 2. The van der Waals surface area contributed by atoms with Crippen LogP contribution in [-0.2, 0) is 0 Å². The van der Waals surface area contributed by atoms with Gasteiger partial charge in [0.15, 0.2) is 0 Å². The molecule has 0 aromatic heterocycles. The largest absolute Gasteiger partial charge is 0.848 e. The number of benzene rings is 1. The number of nitrogens with one attached hydrogen (secondary N) is 1. The lowest BCUT2D eigenvalue weighted by atomic mass is 10.2. The molecule has 4 heteroatoms. The minimum Gasteiger partial charge on any atom is -0.848 e. The van der Waals surface area contributed by atoms with Crippen molar-refractivity contribution >= 4 is 5.91 Å². The van der Waals surface area contributed by atoms with E-state index in [1.165, 1.54) is 12.8 Å². The number of carbonyl (C=O) groups excluding carboxylic acids is 1. The summed E-state index contributed by atoms with van der Waals surface area (Å²) in [5.41, 5.74) is 3.78. The molecule has 1 amide bonds. The lowest BCUT2D eigenvalue weighted by Gasteiger charge is -2.40. The summed E-state index contributed by atoms with van der Waals surface area (Å²) < 4.78 is 0.443. The fourth-order valence-corrected chi connectivity index (χ4v) is 3.00. The summed E-state index contributed by atoms with van der Waals surface area (Å²) >= 11 is 0. The highest BCUT2D eigenvalue weighted by atomic mass is 16.3. The van der Waals surface area contributed by atoms with Crippen LogP contribution in [0, 0.1) is 0 Å². The Morgan fingerprint density at radius 3 is 2.35 bits per heavy atom. The Morgan fingerprint density at radius 2 is 1.80 bits per heavy atom. The van der Waals surface area contributed by atoms with E-state index in [0.717, 1.165) is 25.9 Å². The minimum absolute atomic E-state index is 0.0758. The van der Waals surface area contributed by atoms with Crippen LogP contribution >= 0.6 is 0 Å². The van der Waals surface area contributed by atoms with E-state index in [2.05, 4.69) is 5.43 Å². The molecule has 110 valence electrons. The summed E-state index contributed by atoms with van der Waals surface area (Å²) in [4.78, 5) is 12.4. The molecule has 0 aliphatic carbocycles. The van der Waals surface area contributed by atoms with Crippen molar-refractivity contribution in [2.45, 2.75) is 38.7 Å². The summed E-state index contributed by atoms with van der Waals surface area (Å²) in [7, 11) is 0. The molecule has 1 N–H and O–H groups in total. The van der Waals surface area contributed by atoms with E-state index in [4.69, 9.17) is 0 Å². The number of hydrogen-bond donors (Lipinski definition) is 1. The smallest absolute Gasteiger partial charge is 0.295 e. The molecule has 4 nitrogen and oxygen atoms in total. The van der Waals surface area contributed by atoms with E-state index < -0.39 is 6.10 Å². The lowest BCUT2D eigenvalue weighted by molar-refractivity contribution is -0.967. The van der Waals surface area contributed by atoms with Gasteiger partial charge in [0.1, 0.15) is 13.1 Å². The summed E-state index contributed by atoms with van der Waals surface area (Å²) in [6.45, 7) is 3.88. The first-order chi connectivity index (χ1) is 9.61. The Morgan fingerprint density at radius 1 is 1.20 bits per heavy atom. The molecule has 1 aromatic rings. The second-order valence-corrected chi connectivity index (χ2v) is 5.81. The van der Waals surface area contributed by atoms with Gasteiger partial charge in [-0.2, -0.15) is 5.43 Å². The van der Waals surface area contributed by atoms with E-state index in [-0.39, 0.29) is 5.91 Å². The quantitative estimate of drug-likeness (QED) is 0.847. The third kappa shape index (κ3) is 4.05. The van der Waals surface area contributed by atoms with Crippen molar-refractivity contribution < 1.29 is 14.5 Å². The maximum atomic E-state index is 12.4. The SMILES string of the molecule is CC([O-])C[N+]1(NC(=O)c2ccccc2)CCCCCC1. The van der Waals surface area contributed by atoms with Crippen LogP contribution in [0.3, 0.4) is 0 Å². The average Bonchev–Trinajstić information content (AvgIpc) is 2.64. The van der Waals surface area contributed by atoms with Gasteiger partial charge in [-0.3, -0.25) is 4.79 Å². The van der Waals surface area contributed by atoms with E-state index in [0.29, 0.717) is 16.7 Å². The summed E-state index contributed by atoms with van der Waals surface area (Å²) in [5.74, 6) is -0.0758. The molecule has 1 aliphatic rings. The molecule has 20 heavy (non-hydrogen) atoms. The number of nitrogens with zero attached hydrogens (tertiary/aromatic N) is 1. The van der Waals surface area contributed by atoms with Crippen LogP contribution in [0.4, 0.5) is 0 Å². The molecule has 1 unspecified atom stereocenters. The third-order valence-electron chi connectivity index (χ3n) is 3.90. The zero-order valence-corrected chi connectivity index (χ0v) is 12.2. The van der Waals surface area contributed by atoms with Gasteiger partial charge in [-0.15, -0.1) is 0 Å². The van der Waals surface area contributed by atoms with Gasteiger partial charge in [0.2, 0.25) is 0 Å². The Hall–Kier alpha value is -1.39. The van der Waals surface area contributed by atoms with E-state index >= 15 is 0 Å². The van der Waals surface area contributed by atoms with Gasteiger partial charge in [0.25, 0.3) is 5.91 Å². The molecule has 0 spiro atoms. The van der Waals surface area contributed by atoms with Crippen molar-refractivity contribution in [1.82, 2.24) is 5.43 Å². The van der Waals surface area contributed by atoms with Crippen LogP contribution in [0.5, 0.6) is 0 Å². The molecule has 1 aliphatic heterocycles. The van der Waals surface area contributed by atoms with E-state index in [9.17, 15) is 9.90 Å². The van der Waals surface area contributed by atoms with Gasteiger partial charge in [-0.1, -0.05) is 31.2 Å². The molecule has 1 atom stereocenters. The highest BCUT2D eigenvalue weighted by Crippen LogP contribution is 2.17. The van der Waals surface area contributed by atoms with Crippen molar-refractivity contribution in [2.75, 3.05) is 19.6 Å².